The largest absolute Gasteiger partial charge is 0.383 e. The highest BCUT2D eigenvalue weighted by molar-refractivity contribution is 7.20. The van der Waals surface area contributed by atoms with Crippen molar-refractivity contribution >= 4 is 50.3 Å². The number of ether oxygens (including phenoxy) is 1. The Morgan fingerprint density at radius 2 is 1.90 bits per heavy atom. The fourth-order valence-electron chi connectivity index (χ4n) is 3.25. The summed E-state index contributed by atoms with van der Waals surface area (Å²) >= 11 is 9.50. The molecule has 0 bridgehead atoms. The van der Waals surface area contributed by atoms with E-state index in [4.69, 9.17) is 16.3 Å². The van der Waals surface area contributed by atoms with E-state index in [0.29, 0.717) is 18.7 Å². The van der Waals surface area contributed by atoms with Crippen LogP contribution < -0.4 is 5.32 Å². The van der Waals surface area contributed by atoms with E-state index in [1.807, 2.05) is 24.3 Å². The van der Waals surface area contributed by atoms with Gasteiger partial charge in [-0.05, 0) is 46.8 Å². The smallest absolute Gasteiger partial charge is 0.251 e. The normalized spacial score (nSPS) is 11.1. The molecule has 0 spiro atoms. The lowest BCUT2D eigenvalue weighted by atomic mass is 10.0. The number of fused-ring (bicyclic) bond motifs is 1. The predicted molar refractivity (Wildman–Crippen MR) is 124 cm³/mol. The van der Waals surface area contributed by atoms with Gasteiger partial charge < -0.3 is 10.1 Å². The highest BCUT2D eigenvalue weighted by Gasteiger charge is 2.12. The Kier molecular flexibility index (Phi) is 6.31. The lowest BCUT2D eigenvalue weighted by Crippen LogP contribution is -2.26. The summed E-state index contributed by atoms with van der Waals surface area (Å²) in [5.74, 6) is -0.0856. The maximum Gasteiger partial charge on any atom is 0.251 e. The van der Waals surface area contributed by atoms with Crippen molar-refractivity contribution in [3.05, 3.63) is 80.3 Å². The predicted octanol–water partition coefficient (Wildman–Crippen LogP) is 6.25. The third-order valence-electron chi connectivity index (χ3n) is 4.60. The van der Waals surface area contributed by atoms with Crippen molar-refractivity contribution in [1.29, 1.82) is 0 Å². The van der Waals surface area contributed by atoms with Gasteiger partial charge in [-0.25, -0.2) is 0 Å². The summed E-state index contributed by atoms with van der Waals surface area (Å²) in [4.78, 5) is 15.0. The molecule has 0 unspecified atom stereocenters. The Morgan fingerprint density at radius 1 is 1.03 bits per heavy atom. The fourth-order valence-corrected chi connectivity index (χ4v) is 5.66. The van der Waals surface area contributed by atoms with E-state index in [1.54, 1.807) is 29.8 Å². The van der Waals surface area contributed by atoms with Crippen LogP contribution in [0, 0.1) is 0 Å². The number of thiophene rings is 2. The first kappa shape index (κ1) is 20.1. The van der Waals surface area contributed by atoms with Gasteiger partial charge in [-0.2, -0.15) is 0 Å². The topological polar surface area (TPSA) is 38.3 Å². The van der Waals surface area contributed by atoms with Gasteiger partial charge in [0.05, 0.1) is 10.9 Å². The molecule has 3 nitrogen and oxygen atoms in total. The number of nitrogens with one attached hydrogen (secondary N) is 1. The molecule has 0 saturated carbocycles. The number of benzene rings is 2. The van der Waals surface area contributed by atoms with Gasteiger partial charge in [0.15, 0.2) is 0 Å². The highest BCUT2D eigenvalue weighted by atomic mass is 35.5. The molecule has 0 saturated heterocycles. The first-order valence-electron chi connectivity index (χ1n) is 9.27. The van der Waals surface area contributed by atoms with Crippen LogP contribution in [0.1, 0.15) is 20.1 Å². The molecule has 29 heavy (non-hydrogen) atoms. The number of carbonyl (C=O) groups is 1. The molecule has 4 aromatic rings. The summed E-state index contributed by atoms with van der Waals surface area (Å²) in [7, 11) is 1.62. The summed E-state index contributed by atoms with van der Waals surface area (Å²) in [5, 5.41) is 4.10. The molecule has 0 aliphatic heterocycles. The summed E-state index contributed by atoms with van der Waals surface area (Å²) in [6.07, 6.45) is 0.887. The number of amides is 1. The van der Waals surface area contributed by atoms with E-state index < -0.39 is 0 Å². The Labute approximate surface area is 182 Å². The van der Waals surface area contributed by atoms with E-state index in [1.165, 1.54) is 19.8 Å². The van der Waals surface area contributed by atoms with E-state index in [2.05, 4.69) is 41.7 Å². The standard InChI is InChI=1S/C23H20ClNO2S2/c1-27-11-10-25-23(26)17-6-2-4-15(12-17)20-7-3-5-16-13-19(29-22(16)20)14-18-8-9-21(24)28-18/h2-9,12-13H,10-11,14H2,1H3,(H,25,26). The second kappa shape index (κ2) is 9.09. The van der Waals surface area contributed by atoms with Crippen LogP contribution in [-0.4, -0.2) is 26.2 Å². The molecule has 4 rings (SSSR count). The minimum atomic E-state index is -0.0856. The van der Waals surface area contributed by atoms with Gasteiger partial charge >= 0.3 is 0 Å². The van der Waals surface area contributed by atoms with Crippen LogP contribution in [0.15, 0.2) is 60.7 Å². The third kappa shape index (κ3) is 4.70. The van der Waals surface area contributed by atoms with E-state index in [-0.39, 0.29) is 5.91 Å². The molecule has 1 amide bonds. The first-order chi connectivity index (χ1) is 14.1. The second-order valence-corrected chi connectivity index (χ2v) is 9.59. The monoisotopic (exact) mass is 441 g/mol. The summed E-state index contributed by atoms with van der Waals surface area (Å²) in [5.41, 5.74) is 2.85. The van der Waals surface area contributed by atoms with Crippen molar-refractivity contribution in [1.82, 2.24) is 5.32 Å². The van der Waals surface area contributed by atoms with Crippen LogP contribution in [0.4, 0.5) is 0 Å². The summed E-state index contributed by atoms with van der Waals surface area (Å²) in [6, 6.07) is 20.4. The number of rotatable bonds is 7. The van der Waals surface area contributed by atoms with E-state index in [9.17, 15) is 4.79 Å². The molecule has 2 aromatic carbocycles. The van der Waals surface area contributed by atoms with Crippen LogP contribution >= 0.6 is 34.3 Å². The van der Waals surface area contributed by atoms with Crippen LogP contribution in [0.25, 0.3) is 21.2 Å². The molecule has 2 aromatic heterocycles. The molecule has 0 radical (unpaired) electrons. The van der Waals surface area contributed by atoms with E-state index in [0.717, 1.165) is 21.9 Å². The molecule has 0 atom stereocenters. The number of hydrogen-bond donors (Lipinski definition) is 1. The van der Waals surface area contributed by atoms with Gasteiger partial charge in [-0.3, -0.25) is 4.79 Å². The lowest BCUT2D eigenvalue weighted by Gasteiger charge is -2.08. The minimum absolute atomic E-state index is 0.0856. The molecule has 0 fully saturated rings. The zero-order chi connectivity index (χ0) is 20.2. The van der Waals surface area contributed by atoms with Gasteiger partial charge in [-0.15, -0.1) is 22.7 Å². The van der Waals surface area contributed by atoms with Crippen molar-refractivity contribution < 1.29 is 9.53 Å². The Balaban J connectivity index is 1.63. The third-order valence-corrected chi connectivity index (χ3v) is 7.02. The van der Waals surface area contributed by atoms with Crippen LogP contribution in [0.2, 0.25) is 4.34 Å². The minimum Gasteiger partial charge on any atom is -0.383 e. The van der Waals surface area contributed by atoms with Gasteiger partial charge in [-0.1, -0.05) is 41.9 Å². The average Bonchev–Trinajstić information content (AvgIpc) is 3.33. The van der Waals surface area contributed by atoms with Crippen LogP contribution in [0.5, 0.6) is 0 Å². The molecule has 1 N–H and O–H groups in total. The van der Waals surface area contributed by atoms with E-state index >= 15 is 0 Å². The molecule has 0 aliphatic rings. The Morgan fingerprint density at radius 3 is 2.69 bits per heavy atom. The molecular weight excluding hydrogens is 422 g/mol. The summed E-state index contributed by atoms with van der Waals surface area (Å²) < 4.78 is 7.06. The van der Waals surface area contributed by atoms with Gasteiger partial charge in [0.25, 0.3) is 5.91 Å². The maximum absolute atomic E-state index is 12.4. The fraction of sp³-hybridized carbons (Fsp3) is 0.174. The zero-order valence-corrected chi connectivity index (χ0v) is 18.3. The Hall–Kier alpha value is -2.18. The van der Waals surface area contributed by atoms with Crippen molar-refractivity contribution in [3.8, 4) is 11.1 Å². The van der Waals surface area contributed by atoms with Gasteiger partial charge in [0.1, 0.15) is 0 Å². The summed E-state index contributed by atoms with van der Waals surface area (Å²) in [6.45, 7) is 0.994. The Bertz CT molecular complexity index is 1150. The average molecular weight is 442 g/mol. The highest BCUT2D eigenvalue weighted by Crippen LogP contribution is 2.37. The SMILES string of the molecule is COCCNC(=O)c1cccc(-c2cccc3cc(Cc4ccc(Cl)s4)sc23)c1. The van der Waals surface area contributed by atoms with Crippen molar-refractivity contribution in [2.75, 3.05) is 20.3 Å². The van der Waals surface area contributed by atoms with Gasteiger partial charge in [0.2, 0.25) is 0 Å². The van der Waals surface area contributed by atoms with Crippen LogP contribution in [0.3, 0.4) is 0 Å². The number of methoxy groups -OCH3 is 1. The quantitative estimate of drug-likeness (QED) is 0.344. The first-order valence-corrected chi connectivity index (χ1v) is 11.3. The maximum atomic E-state index is 12.4. The number of hydrogen-bond acceptors (Lipinski definition) is 4. The molecule has 0 aliphatic carbocycles. The molecular formula is C23H20ClNO2S2. The number of carbonyl (C=O) groups excluding carboxylic acids is 1. The van der Waals surface area contributed by atoms with Crippen molar-refractivity contribution in [2.45, 2.75) is 6.42 Å². The molecule has 2 heterocycles. The second-order valence-electron chi connectivity index (χ2n) is 6.65. The van der Waals surface area contributed by atoms with Gasteiger partial charge in [0, 0.05) is 40.1 Å². The van der Waals surface area contributed by atoms with Crippen molar-refractivity contribution in [2.24, 2.45) is 0 Å². The number of halogens is 1. The lowest BCUT2D eigenvalue weighted by molar-refractivity contribution is 0.0937. The van der Waals surface area contributed by atoms with Crippen molar-refractivity contribution in [3.63, 3.8) is 0 Å². The molecule has 6 heteroatoms. The molecule has 148 valence electrons. The zero-order valence-electron chi connectivity index (χ0n) is 15.9. The van der Waals surface area contributed by atoms with Crippen LogP contribution in [-0.2, 0) is 11.2 Å².